The van der Waals surface area contributed by atoms with Gasteiger partial charge >= 0.3 is 6.18 Å². The lowest BCUT2D eigenvalue weighted by molar-refractivity contribution is -0.137. The van der Waals surface area contributed by atoms with E-state index in [0.717, 1.165) is 25.0 Å². The van der Waals surface area contributed by atoms with Crippen molar-refractivity contribution in [2.75, 3.05) is 0 Å². The molecule has 0 heterocycles. The summed E-state index contributed by atoms with van der Waals surface area (Å²) in [6.07, 6.45) is -0.226. The third kappa shape index (κ3) is 5.02. The van der Waals surface area contributed by atoms with E-state index in [1.807, 2.05) is 0 Å². The Hall–Kier alpha value is -2.12. The van der Waals surface area contributed by atoms with Crippen molar-refractivity contribution in [3.8, 4) is 11.1 Å². The molecule has 1 aliphatic rings. The van der Waals surface area contributed by atoms with Crippen molar-refractivity contribution in [1.29, 1.82) is 0 Å². The smallest absolute Gasteiger partial charge is 0.393 e. The molecule has 0 radical (unpaired) electrons. The molecule has 0 aromatic heterocycles. The van der Waals surface area contributed by atoms with E-state index >= 15 is 0 Å². The second-order valence-corrected chi connectivity index (χ2v) is 8.88. The first kappa shape index (κ1) is 20.6. The zero-order valence-corrected chi connectivity index (χ0v) is 15.9. The maximum Gasteiger partial charge on any atom is 0.416 e. The molecule has 1 saturated carbocycles. The average molecular weight is 410 g/mol. The summed E-state index contributed by atoms with van der Waals surface area (Å²) >= 11 is 0. The van der Waals surface area contributed by atoms with Crippen LogP contribution >= 0.6 is 0 Å². The van der Waals surface area contributed by atoms with Crippen LogP contribution in [0.25, 0.3) is 11.1 Å². The molecule has 7 heteroatoms. The van der Waals surface area contributed by atoms with Gasteiger partial charge in [0.05, 0.1) is 16.6 Å². The van der Waals surface area contributed by atoms with Crippen molar-refractivity contribution >= 4 is 9.84 Å². The van der Waals surface area contributed by atoms with Gasteiger partial charge in [-0.15, -0.1) is 0 Å². The topological polar surface area (TPSA) is 54.4 Å². The number of sulfone groups is 1. The van der Waals surface area contributed by atoms with Gasteiger partial charge in [0.1, 0.15) is 0 Å². The summed E-state index contributed by atoms with van der Waals surface area (Å²) in [7, 11) is -3.63. The van der Waals surface area contributed by atoms with E-state index in [2.05, 4.69) is 0 Å². The summed E-state index contributed by atoms with van der Waals surface area (Å²) < 4.78 is 63.6. The number of hydrogen-bond acceptors (Lipinski definition) is 3. The van der Waals surface area contributed by atoms with Crippen LogP contribution in [0.15, 0.2) is 64.9 Å². The molecule has 1 aliphatic carbocycles. The fourth-order valence-corrected chi connectivity index (χ4v) is 4.40. The molecule has 3 nitrogen and oxygen atoms in total. The summed E-state index contributed by atoms with van der Waals surface area (Å²) in [6, 6.07) is 10.7. The Balaban J connectivity index is 1.76. The predicted octanol–water partition coefficient (Wildman–Crippen LogP) is 5.21. The Labute approximate surface area is 162 Å². The van der Waals surface area contributed by atoms with Crippen LogP contribution in [0.4, 0.5) is 13.2 Å². The number of benzene rings is 2. The minimum Gasteiger partial charge on any atom is -0.393 e. The summed E-state index contributed by atoms with van der Waals surface area (Å²) in [5, 5.41) is 10.7. The van der Waals surface area contributed by atoms with Crippen LogP contribution in [0.2, 0.25) is 0 Å². The van der Waals surface area contributed by atoms with Crippen molar-refractivity contribution < 1.29 is 26.7 Å². The van der Waals surface area contributed by atoms with Crippen molar-refractivity contribution in [3.63, 3.8) is 0 Å². The molecular weight excluding hydrogens is 389 g/mol. The second kappa shape index (κ2) is 8.09. The molecule has 0 unspecified atom stereocenters. The number of aliphatic hydroxyl groups is 1. The van der Waals surface area contributed by atoms with Gasteiger partial charge in [0, 0.05) is 5.41 Å². The van der Waals surface area contributed by atoms with Crippen LogP contribution in [0.5, 0.6) is 0 Å². The van der Waals surface area contributed by atoms with Gasteiger partial charge in [0.25, 0.3) is 0 Å². The monoisotopic (exact) mass is 410 g/mol. The molecule has 1 N–H and O–H groups in total. The van der Waals surface area contributed by atoms with Crippen LogP contribution in [0.1, 0.15) is 31.2 Å². The second-order valence-electron chi connectivity index (χ2n) is 7.05. The molecule has 0 amide bonds. The van der Waals surface area contributed by atoms with E-state index in [9.17, 15) is 26.7 Å². The van der Waals surface area contributed by atoms with Crippen LogP contribution in [-0.2, 0) is 16.0 Å². The molecule has 0 aliphatic heterocycles. The van der Waals surface area contributed by atoms with E-state index in [0.29, 0.717) is 24.0 Å². The lowest BCUT2D eigenvalue weighted by atomic mass is 9.88. The zero-order valence-electron chi connectivity index (χ0n) is 15.1. The third-order valence-corrected chi connectivity index (χ3v) is 6.42. The van der Waals surface area contributed by atoms with Crippen LogP contribution in [0.3, 0.4) is 0 Å². The lowest BCUT2D eigenvalue weighted by Crippen LogP contribution is -2.16. The Morgan fingerprint density at radius 2 is 1.57 bits per heavy atom. The number of halogens is 3. The SMILES string of the molecule is O=S(=O)(/C=C/C1CCC(O)CC1)c1ccc(-c2cccc(C(F)(F)F)c2)cc1. The molecule has 2 aromatic carbocycles. The minimum atomic E-state index is -4.43. The van der Waals surface area contributed by atoms with E-state index in [-0.39, 0.29) is 16.9 Å². The van der Waals surface area contributed by atoms with Gasteiger partial charge in [-0.25, -0.2) is 8.42 Å². The summed E-state index contributed by atoms with van der Waals surface area (Å²) in [4.78, 5) is 0.0929. The normalized spacial score (nSPS) is 21.1. The maximum atomic E-state index is 12.9. The number of allylic oxidation sites excluding steroid dienone is 1. The average Bonchev–Trinajstić information content (AvgIpc) is 2.67. The lowest BCUT2D eigenvalue weighted by Gasteiger charge is -2.22. The molecule has 1 fully saturated rings. The molecule has 0 atom stereocenters. The first-order chi connectivity index (χ1) is 13.1. The molecule has 28 heavy (non-hydrogen) atoms. The van der Waals surface area contributed by atoms with Crippen molar-refractivity contribution in [3.05, 3.63) is 65.6 Å². The minimum absolute atomic E-state index is 0.0929. The largest absolute Gasteiger partial charge is 0.416 e. The Morgan fingerprint density at radius 1 is 0.929 bits per heavy atom. The number of rotatable bonds is 4. The van der Waals surface area contributed by atoms with Gasteiger partial charge in [-0.3, -0.25) is 0 Å². The van der Waals surface area contributed by atoms with Gasteiger partial charge in [0.15, 0.2) is 9.84 Å². The predicted molar refractivity (Wildman–Crippen MR) is 101 cm³/mol. The fourth-order valence-electron chi connectivity index (χ4n) is 3.30. The molecule has 0 spiro atoms. The number of aliphatic hydroxyl groups excluding tert-OH is 1. The van der Waals surface area contributed by atoms with Gasteiger partial charge in [-0.2, -0.15) is 13.2 Å². The van der Waals surface area contributed by atoms with Gasteiger partial charge in [-0.1, -0.05) is 30.3 Å². The Bertz CT molecular complexity index is 940. The molecule has 0 bridgehead atoms. The Kier molecular flexibility index (Phi) is 5.95. The first-order valence-corrected chi connectivity index (χ1v) is 10.6. The first-order valence-electron chi connectivity index (χ1n) is 9.04. The van der Waals surface area contributed by atoms with Gasteiger partial charge in [-0.05, 0) is 67.0 Å². The quantitative estimate of drug-likeness (QED) is 0.753. The van der Waals surface area contributed by atoms with E-state index < -0.39 is 21.6 Å². The van der Waals surface area contributed by atoms with Crippen LogP contribution < -0.4 is 0 Å². The number of hydrogen-bond donors (Lipinski definition) is 1. The summed E-state index contributed by atoms with van der Waals surface area (Å²) in [5.74, 6) is 0.127. The summed E-state index contributed by atoms with van der Waals surface area (Å²) in [5.41, 5.74) is 0.132. The van der Waals surface area contributed by atoms with E-state index in [1.54, 1.807) is 12.1 Å². The molecule has 0 saturated heterocycles. The fraction of sp³-hybridized carbons (Fsp3) is 0.333. The number of alkyl halides is 3. The van der Waals surface area contributed by atoms with E-state index in [1.165, 1.54) is 35.7 Å². The van der Waals surface area contributed by atoms with Crippen molar-refractivity contribution in [2.45, 2.75) is 42.9 Å². The zero-order chi connectivity index (χ0) is 20.4. The molecule has 3 rings (SSSR count). The highest BCUT2D eigenvalue weighted by Gasteiger charge is 2.30. The van der Waals surface area contributed by atoms with Crippen molar-refractivity contribution in [1.82, 2.24) is 0 Å². The van der Waals surface area contributed by atoms with Gasteiger partial charge < -0.3 is 5.11 Å². The van der Waals surface area contributed by atoms with Crippen LogP contribution in [0, 0.1) is 5.92 Å². The highest BCUT2D eigenvalue weighted by atomic mass is 32.2. The van der Waals surface area contributed by atoms with Crippen molar-refractivity contribution in [2.24, 2.45) is 5.92 Å². The Morgan fingerprint density at radius 3 is 2.18 bits per heavy atom. The molecule has 150 valence electrons. The van der Waals surface area contributed by atoms with Gasteiger partial charge in [0.2, 0.25) is 0 Å². The third-order valence-electron chi connectivity index (χ3n) is 4.98. The molecule has 2 aromatic rings. The van der Waals surface area contributed by atoms with E-state index in [4.69, 9.17) is 0 Å². The molecular formula is C21H21F3O3S. The standard InChI is InChI=1S/C21H21F3O3S/c22-21(23,24)18-3-1-2-17(14-18)16-6-10-20(11-7-16)28(26,27)13-12-15-4-8-19(25)9-5-15/h1-3,6-7,10-15,19,25H,4-5,8-9H2/b13-12+. The van der Waals surface area contributed by atoms with Crippen LogP contribution in [-0.4, -0.2) is 19.6 Å². The highest BCUT2D eigenvalue weighted by molar-refractivity contribution is 7.94. The highest BCUT2D eigenvalue weighted by Crippen LogP contribution is 2.32. The maximum absolute atomic E-state index is 12.9. The summed E-state index contributed by atoms with van der Waals surface area (Å²) in [6.45, 7) is 0.